The number of nitrogens with two attached hydrogens (primary N) is 1. The third kappa shape index (κ3) is 1.20. The van der Waals surface area contributed by atoms with Crippen LogP contribution in [0.15, 0.2) is 0 Å². The van der Waals surface area contributed by atoms with Gasteiger partial charge >= 0.3 is 5.97 Å². The molecule has 4 heteroatoms. The maximum absolute atomic E-state index is 10.3. The first-order valence-corrected chi connectivity index (χ1v) is 2.78. The van der Waals surface area contributed by atoms with Gasteiger partial charge in [0, 0.05) is 6.04 Å². The smallest absolute Gasteiger partial charge is 0.310 e. The van der Waals surface area contributed by atoms with E-state index in [4.69, 9.17) is 15.6 Å². The van der Waals surface area contributed by atoms with Gasteiger partial charge < -0.3 is 15.6 Å². The van der Waals surface area contributed by atoms with E-state index in [0.717, 1.165) is 0 Å². The lowest BCUT2D eigenvalue weighted by molar-refractivity contribution is -0.141. The molecular weight excluding hydrogens is 122 g/mol. The van der Waals surface area contributed by atoms with Gasteiger partial charge in [0.2, 0.25) is 0 Å². The highest BCUT2D eigenvalue weighted by atomic mass is 16.5. The van der Waals surface area contributed by atoms with E-state index in [1.54, 1.807) is 0 Å². The summed E-state index contributed by atoms with van der Waals surface area (Å²) in [4.78, 5) is 10.3. The first-order chi connectivity index (χ1) is 4.22. The minimum atomic E-state index is -0.861. The molecule has 1 fully saturated rings. The number of carbonyl (C=O) groups is 1. The van der Waals surface area contributed by atoms with E-state index in [1.165, 1.54) is 0 Å². The number of rotatable bonds is 1. The van der Waals surface area contributed by atoms with Crippen LogP contribution in [0.2, 0.25) is 0 Å². The monoisotopic (exact) mass is 131 g/mol. The molecule has 0 bridgehead atoms. The summed E-state index contributed by atoms with van der Waals surface area (Å²) in [5.74, 6) is -1.36. The fourth-order valence-corrected chi connectivity index (χ4v) is 0.825. The topological polar surface area (TPSA) is 72.5 Å². The SMILES string of the molecule is N[C@H]1COC[C@H]1C(=O)O. The van der Waals surface area contributed by atoms with Gasteiger partial charge in [-0.1, -0.05) is 0 Å². The van der Waals surface area contributed by atoms with Crippen LogP contribution in [-0.2, 0) is 9.53 Å². The lowest BCUT2D eigenvalue weighted by atomic mass is 10.1. The van der Waals surface area contributed by atoms with Crippen LogP contribution in [0.4, 0.5) is 0 Å². The molecule has 0 aromatic heterocycles. The van der Waals surface area contributed by atoms with Crippen molar-refractivity contribution in [2.45, 2.75) is 6.04 Å². The lowest BCUT2D eigenvalue weighted by Crippen LogP contribution is -2.33. The van der Waals surface area contributed by atoms with Gasteiger partial charge in [0.05, 0.1) is 19.1 Å². The second-order valence-electron chi connectivity index (χ2n) is 2.15. The molecule has 1 aliphatic heterocycles. The summed E-state index contributed by atoms with van der Waals surface area (Å²) in [5, 5.41) is 8.42. The lowest BCUT2D eigenvalue weighted by Gasteiger charge is -2.04. The summed E-state index contributed by atoms with van der Waals surface area (Å²) in [5.41, 5.74) is 5.37. The molecule has 0 radical (unpaired) electrons. The van der Waals surface area contributed by atoms with Gasteiger partial charge in [-0.15, -0.1) is 0 Å². The minimum Gasteiger partial charge on any atom is -0.481 e. The Labute approximate surface area is 52.6 Å². The van der Waals surface area contributed by atoms with Crippen molar-refractivity contribution in [2.24, 2.45) is 11.7 Å². The summed E-state index contributed by atoms with van der Waals surface area (Å²) >= 11 is 0. The highest BCUT2D eigenvalue weighted by Crippen LogP contribution is 2.10. The van der Waals surface area contributed by atoms with E-state index < -0.39 is 11.9 Å². The molecule has 4 nitrogen and oxygen atoms in total. The van der Waals surface area contributed by atoms with Crippen molar-refractivity contribution in [3.8, 4) is 0 Å². The predicted octanol–water partition coefficient (Wildman–Crippen LogP) is -0.955. The van der Waals surface area contributed by atoms with Crippen molar-refractivity contribution in [3.63, 3.8) is 0 Å². The van der Waals surface area contributed by atoms with Crippen molar-refractivity contribution in [3.05, 3.63) is 0 Å². The first-order valence-electron chi connectivity index (χ1n) is 2.78. The largest absolute Gasteiger partial charge is 0.481 e. The molecule has 0 saturated carbocycles. The van der Waals surface area contributed by atoms with E-state index in [2.05, 4.69) is 0 Å². The highest BCUT2D eigenvalue weighted by Gasteiger charge is 2.30. The molecule has 0 amide bonds. The van der Waals surface area contributed by atoms with Crippen molar-refractivity contribution < 1.29 is 14.6 Å². The Hall–Kier alpha value is -0.610. The van der Waals surface area contributed by atoms with Gasteiger partial charge in [-0.2, -0.15) is 0 Å². The van der Waals surface area contributed by atoms with Crippen LogP contribution in [-0.4, -0.2) is 30.3 Å². The van der Waals surface area contributed by atoms with E-state index >= 15 is 0 Å². The Morgan fingerprint density at radius 1 is 1.67 bits per heavy atom. The Kier molecular flexibility index (Phi) is 1.68. The van der Waals surface area contributed by atoms with Crippen LogP contribution >= 0.6 is 0 Å². The summed E-state index contributed by atoms with van der Waals surface area (Å²) in [6.45, 7) is 0.632. The zero-order valence-corrected chi connectivity index (χ0v) is 4.91. The Morgan fingerprint density at radius 3 is 2.56 bits per heavy atom. The highest BCUT2D eigenvalue weighted by molar-refractivity contribution is 5.71. The summed E-state index contributed by atoms with van der Waals surface area (Å²) in [7, 11) is 0. The molecule has 0 aromatic rings. The number of aliphatic carboxylic acids is 1. The molecular formula is C5H9NO3. The number of hydrogen-bond acceptors (Lipinski definition) is 3. The van der Waals surface area contributed by atoms with Crippen molar-refractivity contribution in [1.29, 1.82) is 0 Å². The van der Waals surface area contributed by atoms with E-state index in [9.17, 15) is 4.79 Å². The van der Waals surface area contributed by atoms with Gasteiger partial charge in [-0.3, -0.25) is 4.79 Å². The van der Waals surface area contributed by atoms with Crippen LogP contribution < -0.4 is 5.73 Å². The molecule has 2 atom stereocenters. The predicted molar refractivity (Wildman–Crippen MR) is 29.9 cm³/mol. The Balaban J connectivity index is 2.49. The van der Waals surface area contributed by atoms with Crippen LogP contribution in [0.1, 0.15) is 0 Å². The molecule has 0 unspecified atom stereocenters. The first kappa shape index (κ1) is 6.51. The van der Waals surface area contributed by atoms with Gasteiger partial charge in [0.25, 0.3) is 0 Å². The molecule has 3 N–H and O–H groups in total. The maximum Gasteiger partial charge on any atom is 0.310 e. The summed E-state index contributed by atoms with van der Waals surface area (Å²) in [6.07, 6.45) is 0. The molecule has 1 saturated heterocycles. The van der Waals surface area contributed by atoms with Gasteiger partial charge in [-0.05, 0) is 0 Å². The van der Waals surface area contributed by atoms with Crippen molar-refractivity contribution in [2.75, 3.05) is 13.2 Å². The van der Waals surface area contributed by atoms with Gasteiger partial charge in [0.15, 0.2) is 0 Å². The van der Waals surface area contributed by atoms with Crippen LogP contribution in [0.25, 0.3) is 0 Å². The fourth-order valence-electron chi connectivity index (χ4n) is 0.825. The average Bonchev–Trinajstić information content (AvgIpc) is 2.13. The molecule has 1 rings (SSSR count). The summed E-state index contributed by atoms with van der Waals surface area (Å²) < 4.78 is 4.82. The second kappa shape index (κ2) is 2.33. The third-order valence-electron chi connectivity index (χ3n) is 1.44. The molecule has 1 aliphatic rings. The quantitative estimate of drug-likeness (QED) is 0.481. The third-order valence-corrected chi connectivity index (χ3v) is 1.44. The van der Waals surface area contributed by atoms with Crippen LogP contribution in [0.5, 0.6) is 0 Å². The minimum absolute atomic E-state index is 0.260. The molecule has 52 valence electrons. The Morgan fingerprint density at radius 2 is 2.33 bits per heavy atom. The number of hydrogen-bond donors (Lipinski definition) is 2. The van der Waals surface area contributed by atoms with Crippen LogP contribution in [0, 0.1) is 5.92 Å². The van der Waals surface area contributed by atoms with Gasteiger partial charge in [0.1, 0.15) is 0 Å². The molecule has 1 heterocycles. The maximum atomic E-state index is 10.3. The Bertz CT molecular complexity index is 125. The standard InChI is InChI=1S/C5H9NO3/c6-4-2-9-1-3(4)5(7)8/h3-4H,1-2,6H2,(H,7,8)/t3-,4+/m1/s1. The molecule has 9 heavy (non-hydrogen) atoms. The number of carboxylic acids is 1. The average molecular weight is 131 g/mol. The molecule has 0 spiro atoms. The normalized spacial score (nSPS) is 34.8. The van der Waals surface area contributed by atoms with E-state index in [-0.39, 0.29) is 12.6 Å². The molecule has 0 aliphatic carbocycles. The second-order valence-corrected chi connectivity index (χ2v) is 2.15. The van der Waals surface area contributed by atoms with Crippen LogP contribution in [0.3, 0.4) is 0 Å². The van der Waals surface area contributed by atoms with Gasteiger partial charge in [-0.25, -0.2) is 0 Å². The number of ether oxygens (including phenoxy) is 1. The molecule has 0 aromatic carbocycles. The summed E-state index contributed by atoms with van der Waals surface area (Å²) in [6, 6.07) is -0.317. The number of carboxylic acid groups (broad SMARTS) is 1. The van der Waals surface area contributed by atoms with E-state index in [1.807, 2.05) is 0 Å². The van der Waals surface area contributed by atoms with E-state index in [0.29, 0.717) is 6.61 Å². The fraction of sp³-hybridized carbons (Fsp3) is 0.800. The van der Waals surface area contributed by atoms with Crippen molar-refractivity contribution in [1.82, 2.24) is 0 Å². The zero-order chi connectivity index (χ0) is 6.85. The van der Waals surface area contributed by atoms with Crippen molar-refractivity contribution >= 4 is 5.97 Å². The zero-order valence-electron chi connectivity index (χ0n) is 4.91.